The molecule has 0 aliphatic carbocycles. The summed E-state index contributed by atoms with van der Waals surface area (Å²) in [5, 5.41) is 3.34. The second-order valence-electron chi connectivity index (χ2n) is 7.32. The molecule has 8 nitrogen and oxygen atoms in total. The van der Waals surface area contributed by atoms with Gasteiger partial charge in [0.15, 0.2) is 29.6 Å². The maximum absolute atomic E-state index is 12.4. The zero-order valence-electron chi connectivity index (χ0n) is 18.3. The number of ether oxygens (including phenoxy) is 5. The van der Waals surface area contributed by atoms with E-state index in [2.05, 4.69) is 5.32 Å². The number of hydrogen-bond acceptors (Lipinski definition) is 7. The molecule has 9 heteroatoms. The molecule has 0 bridgehead atoms. The molecule has 0 spiro atoms. The van der Waals surface area contributed by atoms with Crippen molar-refractivity contribution < 1.29 is 33.3 Å². The molecule has 34 heavy (non-hydrogen) atoms. The highest BCUT2D eigenvalue weighted by Crippen LogP contribution is 2.32. The summed E-state index contributed by atoms with van der Waals surface area (Å²) in [6.07, 6.45) is 0. The quantitative estimate of drug-likeness (QED) is 0.457. The zero-order valence-corrected chi connectivity index (χ0v) is 19.1. The van der Waals surface area contributed by atoms with E-state index in [1.165, 1.54) is 13.2 Å². The number of hydrogen-bond donors (Lipinski definition) is 1. The van der Waals surface area contributed by atoms with Crippen LogP contribution in [0.1, 0.15) is 21.5 Å². The Balaban J connectivity index is 1.27. The highest BCUT2D eigenvalue weighted by Gasteiger charge is 2.16. The Morgan fingerprint density at radius 3 is 2.50 bits per heavy atom. The summed E-state index contributed by atoms with van der Waals surface area (Å²) in [5.74, 6) is 1.06. The molecule has 1 N–H and O–H groups in total. The molecule has 4 rings (SSSR count). The molecule has 0 fully saturated rings. The number of nitrogens with one attached hydrogen (secondary N) is 1. The first-order valence-corrected chi connectivity index (χ1v) is 10.8. The summed E-state index contributed by atoms with van der Waals surface area (Å²) >= 11 is 5.89. The van der Waals surface area contributed by atoms with E-state index in [4.69, 9.17) is 35.3 Å². The van der Waals surface area contributed by atoms with E-state index in [1.807, 2.05) is 18.2 Å². The van der Waals surface area contributed by atoms with Crippen LogP contribution in [0.5, 0.6) is 23.0 Å². The van der Waals surface area contributed by atoms with Crippen molar-refractivity contribution in [3.05, 3.63) is 82.4 Å². The van der Waals surface area contributed by atoms with Crippen LogP contribution in [0.15, 0.2) is 60.7 Å². The molecule has 1 amide bonds. The van der Waals surface area contributed by atoms with E-state index >= 15 is 0 Å². The van der Waals surface area contributed by atoms with Gasteiger partial charge in [-0.3, -0.25) is 4.79 Å². The van der Waals surface area contributed by atoms with Crippen LogP contribution in [0.25, 0.3) is 0 Å². The van der Waals surface area contributed by atoms with Crippen LogP contribution in [-0.2, 0) is 22.7 Å². The summed E-state index contributed by atoms with van der Waals surface area (Å²) in [6.45, 7) is 0.337. The van der Waals surface area contributed by atoms with Crippen LogP contribution in [-0.4, -0.2) is 32.4 Å². The molecule has 0 atom stereocenters. The fourth-order valence-corrected chi connectivity index (χ4v) is 3.30. The van der Waals surface area contributed by atoms with Gasteiger partial charge in [0.1, 0.15) is 6.61 Å². The summed E-state index contributed by atoms with van der Waals surface area (Å²) in [4.78, 5) is 24.5. The summed E-state index contributed by atoms with van der Waals surface area (Å²) in [6, 6.07) is 17.3. The largest absolute Gasteiger partial charge is 0.493 e. The topological polar surface area (TPSA) is 92.3 Å². The summed E-state index contributed by atoms with van der Waals surface area (Å²) in [5.41, 5.74) is 2.00. The Bertz CT molecular complexity index is 1180. The maximum Gasteiger partial charge on any atom is 0.338 e. The predicted molar refractivity (Wildman–Crippen MR) is 123 cm³/mol. The Morgan fingerprint density at radius 2 is 1.71 bits per heavy atom. The standard InChI is InChI=1S/C25H22ClNO7/c1-30-22-11-18(5-9-20(22)31-13-16-2-6-19(26)7-3-16)25(29)32-14-24(28)27-12-17-4-8-21-23(10-17)34-15-33-21/h2-11H,12-15H2,1H3,(H,27,28). The van der Waals surface area contributed by atoms with Gasteiger partial charge in [-0.25, -0.2) is 4.79 Å². The second kappa shape index (κ2) is 10.8. The van der Waals surface area contributed by atoms with Crippen LogP contribution in [0.4, 0.5) is 0 Å². The molecule has 1 heterocycles. The van der Waals surface area contributed by atoms with Crippen LogP contribution in [0.3, 0.4) is 0 Å². The Morgan fingerprint density at radius 1 is 0.941 bits per heavy atom. The van der Waals surface area contributed by atoms with Gasteiger partial charge in [0, 0.05) is 11.6 Å². The number of methoxy groups -OCH3 is 1. The highest BCUT2D eigenvalue weighted by molar-refractivity contribution is 6.30. The SMILES string of the molecule is COc1cc(C(=O)OCC(=O)NCc2ccc3c(c2)OCO3)ccc1OCc1ccc(Cl)cc1. The lowest BCUT2D eigenvalue weighted by atomic mass is 10.2. The van der Waals surface area contributed by atoms with E-state index in [1.54, 1.807) is 36.4 Å². The van der Waals surface area contributed by atoms with Crippen molar-refractivity contribution in [1.29, 1.82) is 0 Å². The third kappa shape index (κ3) is 5.90. The van der Waals surface area contributed by atoms with Gasteiger partial charge in [0.2, 0.25) is 6.79 Å². The van der Waals surface area contributed by atoms with Crippen molar-refractivity contribution in [2.45, 2.75) is 13.2 Å². The fourth-order valence-electron chi connectivity index (χ4n) is 3.17. The van der Waals surface area contributed by atoms with E-state index in [9.17, 15) is 9.59 Å². The smallest absolute Gasteiger partial charge is 0.338 e. The molecule has 1 aliphatic rings. The molecule has 176 valence electrons. The molecule has 0 saturated heterocycles. The van der Waals surface area contributed by atoms with Crippen molar-refractivity contribution in [2.24, 2.45) is 0 Å². The van der Waals surface area contributed by atoms with Gasteiger partial charge in [-0.1, -0.05) is 29.8 Å². The molecule has 1 aliphatic heterocycles. The van der Waals surface area contributed by atoms with Crippen molar-refractivity contribution in [3.8, 4) is 23.0 Å². The highest BCUT2D eigenvalue weighted by atomic mass is 35.5. The first-order chi connectivity index (χ1) is 16.5. The minimum atomic E-state index is -0.652. The second-order valence-corrected chi connectivity index (χ2v) is 7.76. The Hall–Kier alpha value is -3.91. The molecular formula is C25H22ClNO7. The monoisotopic (exact) mass is 483 g/mol. The molecule has 3 aromatic carbocycles. The number of amides is 1. The van der Waals surface area contributed by atoms with E-state index in [0.717, 1.165) is 11.1 Å². The minimum Gasteiger partial charge on any atom is -0.493 e. The number of fused-ring (bicyclic) bond motifs is 1. The number of benzene rings is 3. The lowest BCUT2D eigenvalue weighted by Gasteiger charge is -2.12. The van der Waals surface area contributed by atoms with E-state index in [0.29, 0.717) is 34.6 Å². The third-order valence-electron chi connectivity index (χ3n) is 4.97. The molecule has 0 aromatic heterocycles. The predicted octanol–water partition coefficient (Wildman–Crippen LogP) is 4.13. The van der Waals surface area contributed by atoms with Gasteiger partial charge in [-0.15, -0.1) is 0 Å². The maximum atomic E-state index is 12.4. The number of rotatable bonds is 9. The normalized spacial score (nSPS) is 11.6. The minimum absolute atomic E-state index is 0.182. The average Bonchev–Trinajstić information content (AvgIpc) is 3.33. The molecule has 3 aromatic rings. The Labute approximate surface area is 201 Å². The zero-order chi connectivity index (χ0) is 23.9. The van der Waals surface area contributed by atoms with Crippen molar-refractivity contribution in [3.63, 3.8) is 0 Å². The third-order valence-corrected chi connectivity index (χ3v) is 5.22. The van der Waals surface area contributed by atoms with Crippen molar-refractivity contribution in [2.75, 3.05) is 20.5 Å². The van der Waals surface area contributed by atoms with E-state index < -0.39 is 18.5 Å². The van der Waals surface area contributed by atoms with Crippen molar-refractivity contribution in [1.82, 2.24) is 5.32 Å². The fraction of sp³-hybridized carbons (Fsp3) is 0.200. The summed E-state index contributed by atoms with van der Waals surface area (Å²) < 4.78 is 26.8. The average molecular weight is 484 g/mol. The van der Waals surface area contributed by atoms with Gasteiger partial charge in [0.05, 0.1) is 12.7 Å². The first-order valence-electron chi connectivity index (χ1n) is 10.4. The molecule has 0 saturated carbocycles. The summed E-state index contributed by atoms with van der Waals surface area (Å²) in [7, 11) is 1.48. The Kier molecular flexibility index (Phi) is 7.39. The van der Waals surface area contributed by atoms with Gasteiger partial charge in [-0.05, 0) is 53.6 Å². The number of carbonyl (C=O) groups excluding carboxylic acids is 2. The van der Waals surface area contributed by atoms with E-state index in [-0.39, 0.29) is 18.9 Å². The van der Waals surface area contributed by atoms with Gasteiger partial charge < -0.3 is 29.0 Å². The number of halogens is 1. The molecular weight excluding hydrogens is 462 g/mol. The number of esters is 1. The van der Waals surface area contributed by atoms with Crippen LogP contribution in [0, 0.1) is 0 Å². The van der Waals surface area contributed by atoms with Crippen LogP contribution >= 0.6 is 11.6 Å². The first kappa shape index (κ1) is 23.3. The lowest BCUT2D eigenvalue weighted by molar-refractivity contribution is -0.124. The van der Waals surface area contributed by atoms with Crippen molar-refractivity contribution >= 4 is 23.5 Å². The van der Waals surface area contributed by atoms with Gasteiger partial charge in [-0.2, -0.15) is 0 Å². The van der Waals surface area contributed by atoms with Crippen LogP contribution in [0.2, 0.25) is 5.02 Å². The lowest BCUT2D eigenvalue weighted by Crippen LogP contribution is -2.28. The molecule has 0 radical (unpaired) electrons. The van der Waals surface area contributed by atoms with Gasteiger partial charge >= 0.3 is 5.97 Å². The van der Waals surface area contributed by atoms with Gasteiger partial charge in [0.25, 0.3) is 5.91 Å². The number of carbonyl (C=O) groups is 2. The molecule has 0 unspecified atom stereocenters. The van der Waals surface area contributed by atoms with Crippen LogP contribution < -0.4 is 24.3 Å².